The molecule has 3 heterocycles. The van der Waals surface area contributed by atoms with Gasteiger partial charge >= 0.3 is 12.3 Å². The molecule has 0 saturated heterocycles. The van der Waals surface area contributed by atoms with Crippen molar-refractivity contribution < 1.29 is 27.4 Å². The zero-order chi connectivity index (χ0) is 20.1. The first-order chi connectivity index (χ1) is 13.3. The number of imidazole rings is 1. The highest BCUT2D eigenvalue weighted by Gasteiger charge is 2.31. The summed E-state index contributed by atoms with van der Waals surface area (Å²) in [6, 6.07) is 3.59. The van der Waals surface area contributed by atoms with Gasteiger partial charge < -0.3 is 14.5 Å². The standard InChI is InChI=1S/C17H11F3N4O4/c1-2-27-16(26)12-14-23-15(25)10-6-21-11-4-3-8(28-17(18,19)20)5-9(11)13(10)24(14)7-22-12/h3-7H,2H2,1H3,(H,23,25). The zero-order valence-corrected chi connectivity index (χ0v) is 14.2. The number of aromatic amines is 1. The number of benzene rings is 1. The van der Waals surface area contributed by atoms with Crippen molar-refractivity contribution in [3.8, 4) is 5.75 Å². The van der Waals surface area contributed by atoms with Crippen molar-refractivity contribution in [2.24, 2.45) is 0 Å². The summed E-state index contributed by atoms with van der Waals surface area (Å²) in [4.78, 5) is 35.2. The molecular weight excluding hydrogens is 381 g/mol. The number of hydrogen-bond acceptors (Lipinski definition) is 6. The van der Waals surface area contributed by atoms with Crippen molar-refractivity contribution in [1.82, 2.24) is 19.4 Å². The first-order valence-corrected chi connectivity index (χ1v) is 8.03. The van der Waals surface area contributed by atoms with E-state index < -0.39 is 23.6 Å². The molecular formula is C17H11F3N4O4. The van der Waals surface area contributed by atoms with Crippen molar-refractivity contribution in [3.05, 3.63) is 46.8 Å². The number of esters is 1. The molecule has 0 aliphatic heterocycles. The molecule has 0 saturated carbocycles. The molecule has 144 valence electrons. The Balaban J connectivity index is 2.06. The molecule has 1 N–H and O–H groups in total. The van der Waals surface area contributed by atoms with Gasteiger partial charge in [-0.1, -0.05) is 0 Å². The number of carbonyl (C=O) groups is 1. The van der Waals surface area contributed by atoms with Gasteiger partial charge in [-0.15, -0.1) is 13.2 Å². The third kappa shape index (κ3) is 2.90. The summed E-state index contributed by atoms with van der Waals surface area (Å²) in [5.41, 5.74) is -0.0658. The Kier molecular flexibility index (Phi) is 3.95. The smallest absolute Gasteiger partial charge is 0.461 e. The van der Waals surface area contributed by atoms with Crippen LogP contribution in [-0.2, 0) is 4.74 Å². The van der Waals surface area contributed by atoms with Crippen molar-refractivity contribution in [2.75, 3.05) is 6.61 Å². The van der Waals surface area contributed by atoms with Crippen LogP contribution < -0.4 is 10.3 Å². The fraction of sp³-hybridized carbons (Fsp3) is 0.176. The quantitative estimate of drug-likeness (QED) is 0.425. The van der Waals surface area contributed by atoms with Crippen LogP contribution in [0.2, 0.25) is 0 Å². The van der Waals surface area contributed by atoms with Crippen LogP contribution in [0.3, 0.4) is 0 Å². The second kappa shape index (κ2) is 6.22. The van der Waals surface area contributed by atoms with Gasteiger partial charge in [0.25, 0.3) is 5.56 Å². The topological polar surface area (TPSA) is 98.6 Å². The molecule has 0 amide bonds. The lowest BCUT2D eigenvalue weighted by molar-refractivity contribution is -0.274. The minimum atomic E-state index is -4.87. The lowest BCUT2D eigenvalue weighted by atomic mass is 10.1. The van der Waals surface area contributed by atoms with Gasteiger partial charge in [-0.25, -0.2) is 9.78 Å². The summed E-state index contributed by atoms with van der Waals surface area (Å²) in [5.74, 6) is -1.20. The van der Waals surface area contributed by atoms with E-state index in [2.05, 4.69) is 19.7 Å². The number of rotatable bonds is 3. The first-order valence-electron chi connectivity index (χ1n) is 8.03. The summed E-state index contributed by atoms with van der Waals surface area (Å²) in [5, 5.41) is 0.333. The van der Waals surface area contributed by atoms with Crippen LogP contribution in [0.4, 0.5) is 13.2 Å². The summed E-state index contributed by atoms with van der Waals surface area (Å²) in [6.45, 7) is 1.73. The monoisotopic (exact) mass is 392 g/mol. The normalized spacial score (nSPS) is 12.0. The molecule has 11 heteroatoms. The number of nitrogens with one attached hydrogen (secondary N) is 1. The molecule has 3 aromatic heterocycles. The Hall–Kier alpha value is -3.63. The molecule has 1 aromatic carbocycles. The number of fused-ring (bicyclic) bond motifs is 5. The van der Waals surface area contributed by atoms with Crippen LogP contribution in [0, 0.1) is 0 Å². The summed E-state index contributed by atoms with van der Waals surface area (Å²) < 4.78 is 48.0. The molecule has 0 fully saturated rings. The van der Waals surface area contributed by atoms with Crippen LogP contribution in [-0.4, -0.2) is 38.3 Å². The number of aromatic nitrogens is 4. The third-order valence-corrected chi connectivity index (χ3v) is 4.00. The second-order valence-corrected chi connectivity index (χ2v) is 5.73. The number of ether oxygens (including phenoxy) is 2. The maximum atomic E-state index is 12.6. The first kappa shape index (κ1) is 17.8. The van der Waals surface area contributed by atoms with Gasteiger partial charge in [-0.2, -0.15) is 0 Å². The fourth-order valence-corrected chi connectivity index (χ4v) is 2.94. The van der Waals surface area contributed by atoms with E-state index in [1.54, 1.807) is 6.92 Å². The molecule has 0 unspecified atom stereocenters. The van der Waals surface area contributed by atoms with Crippen molar-refractivity contribution in [2.45, 2.75) is 13.3 Å². The minimum absolute atomic E-state index is 0.0607. The highest BCUT2D eigenvalue weighted by atomic mass is 19.4. The molecule has 4 rings (SSSR count). The van der Waals surface area contributed by atoms with Gasteiger partial charge in [-0.05, 0) is 25.1 Å². The minimum Gasteiger partial charge on any atom is -0.461 e. The van der Waals surface area contributed by atoms with Gasteiger partial charge in [0.1, 0.15) is 12.1 Å². The Labute approximate surface area is 153 Å². The number of nitrogens with zero attached hydrogens (tertiary/aromatic N) is 3. The van der Waals surface area contributed by atoms with Crippen molar-refractivity contribution in [1.29, 1.82) is 0 Å². The predicted octanol–water partition coefficient (Wildman–Crippen LogP) is 2.80. The highest BCUT2D eigenvalue weighted by molar-refractivity contribution is 6.05. The molecule has 28 heavy (non-hydrogen) atoms. The highest BCUT2D eigenvalue weighted by Crippen LogP contribution is 2.29. The number of alkyl halides is 3. The summed E-state index contributed by atoms with van der Waals surface area (Å²) >= 11 is 0. The van der Waals surface area contributed by atoms with E-state index in [9.17, 15) is 22.8 Å². The number of H-pyrrole nitrogens is 1. The van der Waals surface area contributed by atoms with Crippen LogP contribution in [0.15, 0.2) is 35.5 Å². The second-order valence-electron chi connectivity index (χ2n) is 5.73. The van der Waals surface area contributed by atoms with Gasteiger partial charge in [0, 0.05) is 11.6 Å². The average molecular weight is 392 g/mol. The maximum absolute atomic E-state index is 12.6. The van der Waals surface area contributed by atoms with Crippen molar-refractivity contribution in [3.63, 3.8) is 0 Å². The molecule has 0 radical (unpaired) electrons. The third-order valence-electron chi connectivity index (χ3n) is 4.00. The molecule has 0 aliphatic carbocycles. The molecule has 0 atom stereocenters. The average Bonchev–Trinajstić information content (AvgIpc) is 3.03. The number of carbonyl (C=O) groups excluding carboxylic acids is 1. The summed E-state index contributed by atoms with van der Waals surface area (Å²) in [7, 11) is 0. The van der Waals surface area contributed by atoms with Gasteiger partial charge in [0.05, 0.1) is 23.0 Å². The van der Waals surface area contributed by atoms with E-state index in [0.717, 1.165) is 12.1 Å². The SMILES string of the molecule is CCOC(=O)c1ncn2c1[nH]c(=O)c1cnc3ccc(OC(F)(F)F)cc3c12. The van der Waals surface area contributed by atoms with Gasteiger partial charge in [-0.3, -0.25) is 14.2 Å². The van der Waals surface area contributed by atoms with Gasteiger partial charge in [0.2, 0.25) is 0 Å². The van der Waals surface area contributed by atoms with Crippen LogP contribution in [0.25, 0.3) is 27.5 Å². The molecule has 0 spiro atoms. The number of pyridine rings is 1. The lowest BCUT2D eigenvalue weighted by Gasteiger charge is -2.11. The van der Waals surface area contributed by atoms with Crippen molar-refractivity contribution >= 4 is 33.4 Å². The van der Waals surface area contributed by atoms with Crippen LogP contribution >= 0.6 is 0 Å². The maximum Gasteiger partial charge on any atom is 0.573 e. The largest absolute Gasteiger partial charge is 0.573 e. The summed E-state index contributed by atoms with van der Waals surface area (Å²) in [6.07, 6.45) is -2.30. The lowest BCUT2D eigenvalue weighted by Crippen LogP contribution is -2.17. The Morgan fingerprint density at radius 1 is 1.25 bits per heavy atom. The van der Waals surface area contributed by atoms with E-state index in [0.29, 0.717) is 5.52 Å². The van der Waals surface area contributed by atoms with Gasteiger partial charge in [0.15, 0.2) is 11.3 Å². The Morgan fingerprint density at radius 2 is 2.04 bits per heavy atom. The number of halogens is 3. The van der Waals surface area contributed by atoms with Crippen LogP contribution in [0.5, 0.6) is 5.75 Å². The van der Waals surface area contributed by atoms with E-state index in [-0.39, 0.29) is 34.2 Å². The number of hydrogen-bond donors (Lipinski definition) is 1. The predicted molar refractivity (Wildman–Crippen MR) is 91.3 cm³/mol. The molecule has 8 nitrogen and oxygen atoms in total. The fourth-order valence-electron chi connectivity index (χ4n) is 2.94. The molecule has 0 aliphatic rings. The molecule has 4 aromatic rings. The Morgan fingerprint density at radius 3 is 2.75 bits per heavy atom. The van der Waals surface area contributed by atoms with Crippen LogP contribution in [0.1, 0.15) is 17.4 Å². The molecule has 0 bridgehead atoms. The van der Waals surface area contributed by atoms with E-state index in [4.69, 9.17) is 4.74 Å². The van der Waals surface area contributed by atoms with E-state index >= 15 is 0 Å². The van der Waals surface area contributed by atoms with E-state index in [1.807, 2.05) is 0 Å². The van der Waals surface area contributed by atoms with E-state index in [1.165, 1.54) is 23.0 Å². The Bertz CT molecular complexity index is 1290. The zero-order valence-electron chi connectivity index (χ0n) is 14.2.